The standard InChI is InChI=1S/C22H25N3O2S2/c1-14(15-8-4-3-5-9-15)23-18(26)12-13-28-22-24-20-19(21(27)25(22)2)16-10-6-7-11-17(16)29-20/h3-5,8-9,14H,6-7,10-13H2,1-2H3,(H,23,26)/t14-/m0/s1. The molecule has 152 valence electrons. The van der Waals surface area contributed by atoms with E-state index in [1.54, 1.807) is 23.0 Å². The molecule has 3 aromatic rings. The molecule has 2 aromatic heterocycles. The molecule has 4 rings (SSSR count). The summed E-state index contributed by atoms with van der Waals surface area (Å²) < 4.78 is 1.64. The zero-order chi connectivity index (χ0) is 20.4. The van der Waals surface area contributed by atoms with E-state index >= 15 is 0 Å². The van der Waals surface area contributed by atoms with Gasteiger partial charge in [0, 0.05) is 24.1 Å². The zero-order valence-electron chi connectivity index (χ0n) is 16.7. The van der Waals surface area contributed by atoms with Gasteiger partial charge >= 0.3 is 0 Å². The summed E-state index contributed by atoms with van der Waals surface area (Å²) in [6.07, 6.45) is 4.77. The average Bonchev–Trinajstić information content (AvgIpc) is 3.10. The predicted octanol–water partition coefficient (Wildman–Crippen LogP) is 4.23. The van der Waals surface area contributed by atoms with Crippen LogP contribution in [-0.2, 0) is 24.7 Å². The number of aromatic nitrogens is 2. The summed E-state index contributed by atoms with van der Waals surface area (Å²) in [6, 6.07) is 9.90. The highest BCUT2D eigenvalue weighted by Crippen LogP contribution is 2.34. The molecule has 0 bridgehead atoms. The second-order valence-electron chi connectivity index (χ2n) is 7.45. The maximum absolute atomic E-state index is 12.9. The lowest BCUT2D eigenvalue weighted by Crippen LogP contribution is -2.27. The van der Waals surface area contributed by atoms with E-state index in [-0.39, 0.29) is 17.5 Å². The van der Waals surface area contributed by atoms with Gasteiger partial charge in [-0.1, -0.05) is 42.1 Å². The molecule has 1 aromatic carbocycles. The van der Waals surface area contributed by atoms with Crippen molar-refractivity contribution in [2.24, 2.45) is 7.05 Å². The molecule has 1 N–H and O–H groups in total. The van der Waals surface area contributed by atoms with Crippen molar-refractivity contribution < 1.29 is 4.79 Å². The lowest BCUT2D eigenvalue weighted by molar-refractivity contribution is -0.121. The van der Waals surface area contributed by atoms with Gasteiger partial charge in [-0.3, -0.25) is 14.2 Å². The first-order chi connectivity index (χ1) is 14.0. The summed E-state index contributed by atoms with van der Waals surface area (Å²) in [4.78, 5) is 32.2. The maximum Gasteiger partial charge on any atom is 0.262 e. The minimum atomic E-state index is -0.0232. The van der Waals surface area contributed by atoms with Crippen LogP contribution in [0.5, 0.6) is 0 Å². The van der Waals surface area contributed by atoms with Crippen LogP contribution in [0, 0.1) is 0 Å². The van der Waals surface area contributed by atoms with Crippen molar-refractivity contribution in [3.8, 4) is 0 Å². The van der Waals surface area contributed by atoms with E-state index in [2.05, 4.69) is 5.32 Å². The van der Waals surface area contributed by atoms with Crippen LogP contribution in [0.2, 0.25) is 0 Å². The first-order valence-electron chi connectivity index (χ1n) is 10.0. The topological polar surface area (TPSA) is 64.0 Å². The third-order valence-corrected chi connectivity index (χ3v) is 7.61. The van der Waals surface area contributed by atoms with Crippen LogP contribution in [0.3, 0.4) is 0 Å². The van der Waals surface area contributed by atoms with E-state index in [9.17, 15) is 9.59 Å². The smallest absolute Gasteiger partial charge is 0.262 e. The summed E-state index contributed by atoms with van der Waals surface area (Å²) in [5.74, 6) is 0.594. The maximum atomic E-state index is 12.9. The lowest BCUT2D eigenvalue weighted by Gasteiger charge is -2.14. The van der Waals surface area contributed by atoms with Crippen molar-refractivity contribution in [2.75, 3.05) is 5.75 Å². The first kappa shape index (κ1) is 20.2. The molecule has 5 nitrogen and oxygen atoms in total. The molecule has 7 heteroatoms. The molecule has 1 aliphatic carbocycles. The van der Waals surface area contributed by atoms with Crippen LogP contribution < -0.4 is 10.9 Å². The van der Waals surface area contributed by atoms with Gasteiger partial charge in [-0.2, -0.15) is 0 Å². The number of hydrogen-bond donors (Lipinski definition) is 1. The monoisotopic (exact) mass is 427 g/mol. The molecular weight excluding hydrogens is 402 g/mol. The normalized spacial score (nSPS) is 14.6. The third kappa shape index (κ3) is 4.26. The summed E-state index contributed by atoms with van der Waals surface area (Å²) in [5.41, 5.74) is 2.35. The quantitative estimate of drug-likeness (QED) is 0.472. The Morgan fingerprint density at radius 1 is 1.28 bits per heavy atom. The Labute approximate surface area is 178 Å². The van der Waals surface area contributed by atoms with Crippen molar-refractivity contribution in [1.82, 2.24) is 14.9 Å². The summed E-state index contributed by atoms with van der Waals surface area (Å²) in [7, 11) is 1.78. The van der Waals surface area contributed by atoms with Gasteiger partial charge in [-0.15, -0.1) is 11.3 Å². The number of amides is 1. The molecule has 1 amide bonds. The van der Waals surface area contributed by atoms with Gasteiger partial charge in [0.1, 0.15) is 4.83 Å². The molecule has 0 fully saturated rings. The minimum absolute atomic E-state index is 0.00604. The summed E-state index contributed by atoms with van der Waals surface area (Å²) >= 11 is 3.14. The van der Waals surface area contributed by atoms with Crippen LogP contribution in [0.4, 0.5) is 0 Å². The molecule has 1 aliphatic rings. The molecule has 0 radical (unpaired) electrons. The fourth-order valence-corrected chi connectivity index (χ4v) is 5.98. The molecule has 0 saturated heterocycles. The van der Waals surface area contributed by atoms with Crippen molar-refractivity contribution in [3.05, 3.63) is 56.7 Å². The number of thioether (sulfide) groups is 1. The van der Waals surface area contributed by atoms with Gasteiger partial charge in [-0.05, 0) is 43.7 Å². The van der Waals surface area contributed by atoms with Crippen LogP contribution in [0.25, 0.3) is 10.2 Å². The largest absolute Gasteiger partial charge is 0.350 e. The van der Waals surface area contributed by atoms with Crippen molar-refractivity contribution in [3.63, 3.8) is 0 Å². The fourth-order valence-electron chi connectivity index (χ4n) is 3.77. The van der Waals surface area contributed by atoms with Crippen LogP contribution in [0.1, 0.15) is 48.2 Å². The number of hydrogen-bond acceptors (Lipinski definition) is 5. The van der Waals surface area contributed by atoms with Gasteiger partial charge in [0.05, 0.1) is 11.4 Å². The number of fused-ring (bicyclic) bond motifs is 3. The van der Waals surface area contributed by atoms with Crippen LogP contribution in [-0.4, -0.2) is 21.2 Å². The van der Waals surface area contributed by atoms with Crippen molar-refractivity contribution >= 4 is 39.2 Å². The van der Waals surface area contributed by atoms with E-state index in [1.807, 2.05) is 37.3 Å². The predicted molar refractivity (Wildman–Crippen MR) is 120 cm³/mol. The number of nitrogens with one attached hydrogen (secondary N) is 1. The first-order valence-corrected chi connectivity index (χ1v) is 11.8. The number of aryl methyl sites for hydroxylation is 2. The van der Waals surface area contributed by atoms with Gasteiger partial charge < -0.3 is 5.32 Å². The third-order valence-electron chi connectivity index (χ3n) is 5.39. The van der Waals surface area contributed by atoms with E-state index < -0.39 is 0 Å². The molecule has 2 heterocycles. The minimum Gasteiger partial charge on any atom is -0.350 e. The lowest BCUT2D eigenvalue weighted by atomic mass is 9.97. The van der Waals surface area contributed by atoms with Gasteiger partial charge in [-0.25, -0.2) is 4.98 Å². The Kier molecular flexibility index (Phi) is 6.06. The molecule has 0 aliphatic heterocycles. The highest BCUT2D eigenvalue weighted by molar-refractivity contribution is 7.99. The van der Waals surface area contributed by atoms with Gasteiger partial charge in [0.25, 0.3) is 5.56 Å². The van der Waals surface area contributed by atoms with E-state index in [4.69, 9.17) is 4.98 Å². The number of rotatable bonds is 6. The molecular formula is C22H25N3O2S2. The Hall–Kier alpha value is -2.12. The summed E-state index contributed by atoms with van der Waals surface area (Å²) in [5, 5.41) is 4.53. The van der Waals surface area contributed by atoms with E-state index in [0.717, 1.165) is 35.0 Å². The number of nitrogens with zero attached hydrogens (tertiary/aromatic N) is 2. The number of thiophene rings is 1. The molecule has 0 unspecified atom stereocenters. The highest BCUT2D eigenvalue weighted by atomic mass is 32.2. The Morgan fingerprint density at radius 2 is 2.03 bits per heavy atom. The Balaban J connectivity index is 1.41. The molecule has 29 heavy (non-hydrogen) atoms. The SMILES string of the molecule is C[C@H](NC(=O)CCSc1nc2sc3c(c2c(=O)n1C)CCCC3)c1ccccc1. The Morgan fingerprint density at radius 3 is 2.83 bits per heavy atom. The van der Waals surface area contributed by atoms with Crippen molar-refractivity contribution in [2.45, 2.75) is 50.2 Å². The molecule has 1 atom stereocenters. The highest BCUT2D eigenvalue weighted by Gasteiger charge is 2.21. The van der Waals surface area contributed by atoms with E-state index in [1.165, 1.54) is 28.6 Å². The van der Waals surface area contributed by atoms with Gasteiger partial charge in [0.15, 0.2) is 5.16 Å². The van der Waals surface area contributed by atoms with Crippen LogP contribution in [0.15, 0.2) is 40.3 Å². The van der Waals surface area contributed by atoms with Gasteiger partial charge in [0.2, 0.25) is 5.91 Å². The fraction of sp³-hybridized carbons (Fsp3) is 0.409. The Bertz CT molecular complexity index is 1090. The second kappa shape index (κ2) is 8.71. The summed E-state index contributed by atoms with van der Waals surface area (Å²) in [6.45, 7) is 1.98. The second-order valence-corrected chi connectivity index (χ2v) is 9.59. The number of carbonyl (C=O) groups is 1. The average molecular weight is 428 g/mol. The zero-order valence-corrected chi connectivity index (χ0v) is 18.4. The van der Waals surface area contributed by atoms with Crippen molar-refractivity contribution in [1.29, 1.82) is 0 Å². The molecule has 0 spiro atoms. The van der Waals surface area contributed by atoms with E-state index in [0.29, 0.717) is 17.3 Å². The van der Waals surface area contributed by atoms with Crippen LogP contribution >= 0.6 is 23.1 Å². The molecule has 0 saturated carbocycles. The number of carbonyl (C=O) groups excluding carboxylic acids is 1. The number of benzene rings is 1.